The fourth-order valence-electron chi connectivity index (χ4n) is 3.16. The second-order valence-corrected chi connectivity index (χ2v) is 5.69. The van der Waals surface area contributed by atoms with E-state index in [-0.39, 0.29) is 0 Å². The van der Waals surface area contributed by atoms with Gasteiger partial charge in [-0.2, -0.15) is 5.26 Å². The summed E-state index contributed by atoms with van der Waals surface area (Å²) in [5, 5.41) is 8.84. The number of rotatable bonds is 4. The summed E-state index contributed by atoms with van der Waals surface area (Å²) in [6.07, 6.45) is 0. The quantitative estimate of drug-likeness (QED) is 0.811. The molecule has 1 saturated heterocycles. The Hall–Kier alpha value is -2.15. The molecule has 2 aromatic rings. The van der Waals surface area contributed by atoms with Crippen LogP contribution in [0.4, 0.5) is 0 Å². The molecule has 2 aromatic carbocycles. The third-order valence-corrected chi connectivity index (χ3v) is 4.30. The number of benzene rings is 2. The number of nitrogens with zero attached hydrogens (tertiary/aromatic N) is 3. The minimum atomic E-state index is 0.298. The Labute approximate surface area is 132 Å². The van der Waals surface area contributed by atoms with E-state index in [0.717, 1.165) is 26.2 Å². The molecule has 1 aliphatic rings. The van der Waals surface area contributed by atoms with Gasteiger partial charge in [0.05, 0.1) is 18.7 Å². The number of nitriles is 1. The highest BCUT2D eigenvalue weighted by atomic mass is 15.3. The van der Waals surface area contributed by atoms with E-state index in [0.29, 0.717) is 12.6 Å². The van der Waals surface area contributed by atoms with Crippen LogP contribution in [-0.2, 0) is 0 Å². The number of hydrogen-bond acceptors (Lipinski definition) is 3. The molecule has 0 radical (unpaired) electrons. The van der Waals surface area contributed by atoms with Crippen LogP contribution >= 0.6 is 0 Å². The Bertz CT molecular complexity index is 571. The van der Waals surface area contributed by atoms with Gasteiger partial charge in [-0.3, -0.25) is 9.80 Å². The largest absolute Gasteiger partial charge is 0.290 e. The molecule has 1 aliphatic heterocycles. The molecule has 0 N–H and O–H groups in total. The Kier molecular flexibility index (Phi) is 4.85. The third-order valence-electron chi connectivity index (χ3n) is 4.30. The topological polar surface area (TPSA) is 30.3 Å². The first-order valence-electron chi connectivity index (χ1n) is 7.82. The second kappa shape index (κ2) is 7.22. The summed E-state index contributed by atoms with van der Waals surface area (Å²) in [6.45, 7) is 4.45. The molecule has 0 atom stereocenters. The van der Waals surface area contributed by atoms with Crippen molar-refractivity contribution in [3.05, 3.63) is 71.8 Å². The van der Waals surface area contributed by atoms with E-state index in [1.54, 1.807) is 0 Å². The van der Waals surface area contributed by atoms with Gasteiger partial charge in [0.1, 0.15) is 0 Å². The van der Waals surface area contributed by atoms with Crippen LogP contribution in [0.2, 0.25) is 0 Å². The molecule has 112 valence electrons. The van der Waals surface area contributed by atoms with Crippen molar-refractivity contribution in [1.29, 1.82) is 5.26 Å². The Morgan fingerprint density at radius 3 is 1.77 bits per heavy atom. The first-order valence-corrected chi connectivity index (χ1v) is 7.82. The third kappa shape index (κ3) is 3.36. The van der Waals surface area contributed by atoms with Crippen LogP contribution in [0.5, 0.6) is 0 Å². The lowest BCUT2D eigenvalue weighted by Crippen LogP contribution is -2.47. The van der Waals surface area contributed by atoms with Gasteiger partial charge in [-0.25, -0.2) is 0 Å². The average molecular weight is 291 g/mol. The normalized spacial score (nSPS) is 16.5. The molecule has 0 amide bonds. The average Bonchev–Trinajstić information content (AvgIpc) is 2.59. The van der Waals surface area contributed by atoms with Crippen LogP contribution in [0.3, 0.4) is 0 Å². The summed E-state index contributed by atoms with van der Waals surface area (Å²) in [6, 6.07) is 23.9. The van der Waals surface area contributed by atoms with Gasteiger partial charge in [0, 0.05) is 26.2 Å². The fourth-order valence-corrected chi connectivity index (χ4v) is 3.16. The summed E-state index contributed by atoms with van der Waals surface area (Å²) < 4.78 is 0. The first-order chi connectivity index (χ1) is 10.9. The fraction of sp³-hybridized carbons (Fsp3) is 0.316. The van der Waals surface area contributed by atoms with E-state index in [4.69, 9.17) is 5.26 Å². The van der Waals surface area contributed by atoms with Gasteiger partial charge < -0.3 is 0 Å². The maximum absolute atomic E-state index is 8.84. The molecule has 3 nitrogen and oxygen atoms in total. The van der Waals surface area contributed by atoms with E-state index in [2.05, 4.69) is 76.5 Å². The van der Waals surface area contributed by atoms with Crippen molar-refractivity contribution >= 4 is 0 Å². The standard InChI is InChI=1S/C19H21N3/c20-11-12-21-13-15-22(16-14-21)19(17-7-3-1-4-8-17)18-9-5-2-6-10-18/h1-10,19H,12-16H2. The minimum absolute atomic E-state index is 0.298. The summed E-state index contributed by atoms with van der Waals surface area (Å²) in [5.74, 6) is 0. The van der Waals surface area contributed by atoms with Gasteiger partial charge in [0.2, 0.25) is 0 Å². The molecule has 0 aromatic heterocycles. The highest BCUT2D eigenvalue weighted by Gasteiger charge is 2.25. The van der Waals surface area contributed by atoms with Gasteiger partial charge >= 0.3 is 0 Å². The summed E-state index contributed by atoms with van der Waals surface area (Å²) in [5.41, 5.74) is 2.67. The molecule has 0 aliphatic carbocycles. The van der Waals surface area contributed by atoms with Crippen molar-refractivity contribution in [2.75, 3.05) is 32.7 Å². The van der Waals surface area contributed by atoms with Crippen LogP contribution < -0.4 is 0 Å². The molecule has 3 rings (SSSR count). The predicted octanol–water partition coefficient (Wildman–Crippen LogP) is 2.92. The molecule has 1 heterocycles. The smallest absolute Gasteiger partial charge is 0.0866 e. The Morgan fingerprint density at radius 1 is 0.818 bits per heavy atom. The second-order valence-electron chi connectivity index (χ2n) is 5.69. The van der Waals surface area contributed by atoms with Crippen molar-refractivity contribution in [1.82, 2.24) is 9.80 Å². The SMILES string of the molecule is N#CCN1CCN(C(c2ccccc2)c2ccccc2)CC1. The Balaban J connectivity index is 1.83. The molecule has 1 fully saturated rings. The van der Waals surface area contributed by atoms with Crippen LogP contribution in [0.15, 0.2) is 60.7 Å². The van der Waals surface area contributed by atoms with Crippen LogP contribution in [0.1, 0.15) is 17.2 Å². The Morgan fingerprint density at radius 2 is 1.32 bits per heavy atom. The highest BCUT2D eigenvalue weighted by molar-refractivity contribution is 5.31. The molecule has 22 heavy (non-hydrogen) atoms. The van der Waals surface area contributed by atoms with Crippen molar-refractivity contribution in [3.63, 3.8) is 0 Å². The van der Waals surface area contributed by atoms with Crippen molar-refractivity contribution in [3.8, 4) is 6.07 Å². The molecule has 0 spiro atoms. The van der Waals surface area contributed by atoms with Crippen LogP contribution in [0, 0.1) is 11.3 Å². The summed E-state index contributed by atoms with van der Waals surface area (Å²) >= 11 is 0. The summed E-state index contributed by atoms with van der Waals surface area (Å²) in [7, 11) is 0. The number of hydrogen-bond donors (Lipinski definition) is 0. The van der Waals surface area contributed by atoms with Gasteiger partial charge in [0.25, 0.3) is 0 Å². The van der Waals surface area contributed by atoms with Gasteiger partial charge in [-0.15, -0.1) is 0 Å². The lowest BCUT2D eigenvalue weighted by Gasteiger charge is -2.39. The monoisotopic (exact) mass is 291 g/mol. The van der Waals surface area contributed by atoms with Crippen molar-refractivity contribution in [2.45, 2.75) is 6.04 Å². The lowest BCUT2D eigenvalue weighted by molar-refractivity contribution is 0.118. The zero-order valence-electron chi connectivity index (χ0n) is 12.7. The zero-order valence-corrected chi connectivity index (χ0v) is 12.7. The van der Waals surface area contributed by atoms with E-state index in [1.807, 2.05) is 0 Å². The molecular weight excluding hydrogens is 270 g/mol. The molecule has 0 bridgehead atoms. The predicted molar refractivity (Wildman–Crippen MR) is 88.4 cm³/mol. The van der Waals surface area contributed by atoms with E-state index < -0.39 is 0 Å². The minimum Gasteiger partial charge on any atom is -0.290 e. The van der Waals surface area contributed by atoms with Crippen LogP contribution in [-0.4, -0.2) is 42.5 Å². The lowest BCUT2D eigenvalue weighted by atomic mass is 9.96. The molecule has 3 heteroatoms. The maximum atomic E-state index is 8.84. The molecule has 0 saturated carbocycles. The highest BCUT2D eigenvalue weighted by Crippen LogP contribution is 2.29. The van der Waals surface area contributed by atoms with Gasteiger partial charge in [-0.1, -0.05) is 60.7 Å². The van der Waals surface area contributed by atoms with E-state index in [9.17, 15) is 0 Å². The van der Waals surface area contributed by atoms with E-state index in [1.165, 1.54) is 11.1 Å². The van der Waals surface area contributed by atoms with Gasteiger partial charge in [0.15, 0.2) is 0 Å². The van der Waals surface area contributed by atoms with Crippen molar-refractivity contribution in [2.24, 2.45) is 0 Å². The zero-order chi connectivity index (χ0) is 15.2. The summed E-state index contributed by atoms with van der Waals surface area (Å²) in [4.78, 5) is 4.75. The number of piperazine rings is 1. The molecule has 0 unspecified atom stereocenters. The molecular formula is C19H21N3. The first kappa shape index (κ1) is 14.8. The maximum Gasteiger partial charge on any atom is 0.0866 e. The van der Waals surface area contributed by atoms with E-state index >= 15 is 0 Å². The van der Waals surface area contributed by atoms with Crippen LogP contribution in [0.25, 0.3) is 0 Å². The van der Waals surface area contributed by atoms with Gasteiger partial charge in [-0.05, 0) is 11.1 Å². The van der Waals surface area contributed by atoms with Crippen molar-refractivity contribution < 1.29 is 0 Å².